The van der Waals surface area contributed by atoms with E-state index in [1.165, 1.54) is 43.5 Å². The molecular formula is C21H38IN5. The quantitative estimate of drug-likeness (QED) is 0.319. The second-order valence-electron chi connectivity index (χ2n) is 6.98. The normalized spacial score (nSPS) is 15.5. The predicted octanol–water partition coefficient (Wildman–Crippen LogP) is 3.30. The molecule has 27 heavy (non-hydrogen) atoms. The number of hydrogen-bond donors (Lipinski definition) is 2. The maximum Gasteiger partial charge on any atom is 0.191 e. The van der Waals surface area contributed by atoms with Crippen LogP contribution in [0.3, 0.4) is 0 Å². The molecule has 0 bridgehead atoms. The number of nitrogens with one attached hydrogen (secondary N) is 2. The van der Waals surface area contributed by atoms with Crippen molar-refractivity contribution < 1.29 is 0 Å². The van der Waals surface area contributed by atoms with Crippen molar-refractivity contribution in [3.05, 3.63) is 35.4 Å². The topological polar surface area (TPSA) is 42.9 Å². The molecule has 1 aromatic rings. The van der Waals surface area contributed by atoms with Crippen LogP contribution in [-0.4, -0.2) is 62.1 Å². The molecule has 154 valence electrons. The Morgan fingerprint density at radius 3 is 2.33 bits per heavy atom. The number of piperidine rings is 1. The summed E-state index contributed by atoms with van der Waals surface area (Å²) in [5.41, 5.74) is 2.74. The zero-order valence-electron chi connectivity index (χ0n) is 17.3. The van der Waals surface area contributed by atoms with Gasteiger partial charge in [-0.2, -0.15) is 0 Å². The standard InChI is InChI=1S/C21H37N5.HI/c1-4-25(5-2)18-20-12-8-7-11-19(20)17-24-21(22-3)23-13-16-26-14-9-6-10-15-26;/h7-8,11-12H,4-6,9-10,13-18H2,1-3H3,(H2,22,23,24);1H. The van der Waals surface area contributed by atoms with Crippen molar-refractivity contribution in [1.82, 2.24) is 20.4 Å². The van der Waals surface area contributed by atoms with Crippen LogP contribution >= 0.6 is 24.0 Å². The Bertz CT molecular complexity index is 539. The number of rotatable bonds is 9. The van der Waals surface area contributed by atoms with Gasteiger partial charge in [-0.25, -0.2) is 0 Å². The molecule has 0 radical (unpaired) electrons. The largest absolute Gasteiger partial charge is 0.355 e. The lowest BCUT2D eigenvalue weighted by atomic mass is 10.1. The molecule has 2 rings (SSSR count). The van der Waals surface area contributed by atoms with E-state index in [2.05, 4.69) is 63.5 Å². The minimum atomic E-state index is 0. The average molecular weight is 487 g/mol. The van der Waals surface area contributed by atoms with E-state index in [0.29, 0.717) is 0 Å². The SMILES string of the molecule is CCN(CC)Cc1ccccc1CNC(=NC)NCCN1CCCCC1.I. The van der Waals surface area contributed by atoms with Gasteiger partial charge >= 0.3 is 0 Å². The first-order valence-corrected chi connectivity index (χ1v) is 10.2. The third-order valence-corrected chi connectivity index (χ3v) is 5.25. The molecule has 1 aliphatic heterocycles. The first kappa shape index (κ1) is 24.2. The van der Waals surface area contributed by atoms with Crippen molar-refractivity contribution in [3.8, 4) is 0 Å². The highest BCUT2D eigenvalue weighted by atomic mass is 127. The van der Waals surface area contributed by atoms with E-state index in [-0.39, 0.29) is 24.0 Å². The molecule has 0 amide bonds. The van der Waals surface area contributed by atoms with Gasteiger partial charge in [-0.3, -0.25) is 9.89 Å². The minimum Gasteiger partial charge on any atom is -0.355 e. The molecule has 2 N–H and O–H groups in total. The van der Waals surface area contributed by atoms with Crippen molar-refractivity contribution in [1.29, 1.82) is 0 Å². The van der Waals surface area contributed by atoms with Crippen molar-refractivity contribution >= 4 is 29.9 Å². The summed E-state index contributed by atoms with van der Waals surface area (Å²) in [6.45, 7) is 12.9. The van der Waals surface area contributed by atoms with Gasteiger partial charge in [0.15, 0.2) is 5.96 Å². The minimum absolute atomic E-state index is 0. The molecule has 1 aliphatic rings. The molecule has 1 saturated heterocycles. The van der Waals surface area contributed by atoms with Crippen molar-refractivity contribution in [2.24, 2.45) is 4.99 Å². The van der Waals surface area contributed by atoms with Gasteiger partial charge in [0.25, 0.3) is 0 Å². The molecule has 6 heteroatoms. The smallest absolute Gasteiger partial charge is 0.191 e. The van der Waals surface area contributed by atoms with Crippen LogP contribution in [0.5, 0.6) is 0 Å². The lowest BCUT2D eigenvalue weighted by Crippen LogP contribution is -2.42. The maximum absolute atomic E-state index is 4.37. The highest BCUT2D eigenvalue weighted by Gasteiger charge is 2.10. The fourth-order valence-corrected chi connectivity index (χ4v) is 3.49. The van der Waals surface area contributed by atoms with Gasteiger partial charge in [-0.05, 0) is 50.1 Å². The third kappa shape index (κ3) is 8.79. The molecule has 0 atom stereocenters. The monoisotopic (exact) mass is 487 g/mol. The van der Waals surface area contributed by atoms with E-state index in [4.69, 9.17) is 0 Å². The summed E-state index contributed by atoms with van der Waals surface area (Å²) in [6, 6.07) is 8.71. The number of halogens is 1. The van der Waals surface area contributed by atoms with Gasteiger partial charge in [0.05, 0.1) is 0 Å². The molecular weight excluding hydrogens is 449 g/mol. The second kappa shape index (κ2) is 14.2. The molecule has 1 aromatic carbocycles. The van der Waals surface area contributed by atoms with E-state index < -0.39 is 0 Å². The molecule has 0 unspecified atom stereocenters. The zero-order valence-corrected chi connectivity index (χ0v) is 19.7. The second-order valence-corrected chi connectivity index (χ2v) is 6.98. The average Bonchev–Trinajstić information content (AvgIpc) is 2.70. The van der Waals surface area contributed by atoms with Gasteiger partial charge < -0.3 is 15.5 Å². The van der Waals surface area contributed by atoms with E-state index >= 15 is 0 Å². The van der Waals surface area contributed by atoms with Crippen molar-refractivity contribution in [2.75, 3.05) is 46.3 Å². The van der Waals surface area contributed by atoms with Gasteiger partial charge in [0.2, 0.25) is 0 Å². The van der Waals surface area contributed by atoms with E-state index in [1.54, 1.807) is 0 Å². The van der Waals surface area contributed by atoms with Crippen molar-refractivity contribution in [3.63, 3.8) is 0 Å². The molecule has 1 fully saturated rings. The summed E-state index contributed by atoms with van der Waals surface area (Å²) in [6.07, 6.45) is 4.08. The fraction of sp³-hybridized carbons (Fsp3) is 0.667. The summed E-state index contributed by atoms with van der Waals surface area (Å²) < 4.78 is 0. The Morgan fingerprint density at radius 1 is 1.04 bits per heavy atom. The highest BCUT2D eigenvalue weighted by molar-refractivity contribution is 14.0. The lowest BCUT2D eigenvalue weighted by Gasteiger charge is -2.26. The van der Waals surface area contributed by atoms with Gasteiger partial charge in [-0.1, -0.05) is 44.5 Å². The van der Waals surface area contributed by atoms with Crippen LogP contribution in [0.4, 0.5) is 0 Å². The first-order chi connectivity index (χ1) is 12.8. The van der Waals surface area contributed by atoms with Gasteiger partial charge in [0, 0.05) is 33.2 Å². The number of hydrogen-bond acceptors (Lipinski definition) is 3. The van der Waals surface area contributed by atoms with Crippen LogP contribution in [0.25, 0.3) is 0 Å². The highest BCUT2D eigenvalue weighted by Crippen LogP contribution is 2.11. The van der Waals surface area contributed by atoms with E-state index in [9.17, 15) is 0 Å². The van der Waals surface area contributed by atoms with Crippen molar-refractivity contribution in [2.45, 2.75) is 46.2 Å². The number of benzene rings is 1. The maximum atomic E-state index is 4.37. The molecule has 1 heterocycles. The zero-order chi connectivity index (χ0) is 18.6. The summed E-state index contributed by atoms with van der Waals surface area (Å²) >= 11 is 0. The number of guanidine groups is 1. The molecule has 0 aliphatic carbocycles. The number of likely N-dealkylation sites (tertiary alicyclic amines) is 1. The lowest BCUT2D eigenvalue weighted by molar-refractivity contribution is 0.232. The predicted molar refractivity (Wildman–Crippen MR) is 127 cm³/mol. The van der Waals surface area contributed by atoms with Crippen LogP contribution in [-0.2, 0) is 13.1 Å². The Labute approximate surface area is 183 Å². The Kier molecular flexibility index (Phi) is 12.7. The summed E-state index contributed by atoms with van der Waals surface area (Å²) in [5, 5.41) is 6.93. The molecule has 0 spiro atoms. The fourth-order valence-electron chi connectivity index (χ4n) is 3.49. The van der Waals surface area contributed by atoms with E-state index in [0.717, 1.165) is 45.2 Å². The number of nitrogens with zero attached hydrogens (tertiary/aromatic N) is 3. The van der Waals surface area contributed by atoms with Crippen LogP contribution < -0.4 is 10.6 Å². The Balaban J connectivity index is 0.00000364. The Morgan fingerprint density at radius 2 is 1.70 bits per heavy atom. The summed E-state index contributed by atoms with van der Waals surface area (Å²) in [5.74, 6) is 0.889. The van der Waals surface area contributed by atoms with Crippen LogP contribution in [0.15, 0.2) is 29.3 Å². The first-order valence-electron chi connectivity index (χ1n) is 10.2. The molecule has 5 nitrogen and oxygen atoms in total. The van der Waals surface area contributed by atoms with E-state index in [1.807, 2.05) is 7.05 Å². The molecule has 0 saturated carbocycles. The summed E-state index contributed by atoms with van der Waals surface area (Å²) in [4.78, 5) is 9.37. The van der Waals surface area contributed by atoms with Crippen LogP contribution in [0, 0.1) is 0 Å². The molecule has 0 aromatic heterocycles. The van der Waals surface area contributed by atoms with Crippen LogP contribution in [0.1, 0.15) is 44.2 Å². The van der Waals surface area contributed by atoms with Gasteiger partial charge in [0.1, 0.15) is 0 Å². The summed E-state index contributed by atoms with van der Waals surface area (Å²) in [7, 11) is 1.85. The van der Waals surface area contributed by atoms with Crippen LogP contribution in [0.2, 0.25) is 0 Å². The Hall–Kier alpha value is -0.860. The third-order valence-electron chi connectivity index (χ3n) is 5.25. The number of aliphatic imine (C=N–C) groups is 1. The van der Waals surface area contributed by atoms with Gasteiger partial charge in [-0.15, -0.1) is 24.0 Å².